The molecule has 8 heteroatoms. The number of hydrogen-bond acceptors (Lipinski definition) is 4. The number of benzene rings is 1. The number of guanidine groups is 1. The number of carbonyl (C=O) groups excluding carboxylic acids is 1. The summed E-state index contributed by atoms with van der Waals surface area (Å²) in [5, 5.41) is 12.8. The average Bonchev–Trinajstić information content (AvgIpc) is 3.21. The molecule has 1 fully saturated rings. The first kappa shape index (κ1) is 21.5. The van der Waals surface area contributed by atoms with Gasteiger partial charge in [0.1, 0.15) is 0 Å². The van der Waals surface area contributed by atoms with E-state index in [2.05, 4.69) is 43.4 Å². The summed E-state index contributed by atoms with van der Waals surface area (Å²) >= 11 is 1.79. The smallest absolute Gasteiger partial charge is 0.243 e. The first-order valence-corrected chi connectivity index (χ1v) is 9.73. The van der Waals surface area contributed by atoms with Crippen molar-refractivity contribution in [1.82, 2.24) is 10.6 Å². The molecule has 1 amide bonds. The van der Waals surface area contributed by atoms with Gasteiger partial charge in [-0.15, -0.1) is 35.3 Å². The second-order valence-electron chi connectivity index (χ2n) is 6.20. The summed E-state index contributed by atoms with van der Waals surface area (Å²) in [4.78, 5) is 18.7. The van der Waals surface area contributed by atoms with Crippen LogP contribution in [0.5, 0.6) is 0 Å². The first-order chi connectivity index (χ1) is 12.7. The predicted octanol–water partition coefficient (Wildman–Crippen LogP) is 3.14. The van der Waals surface area contributed by atoms with Gasteiger partial charge in [0.25, 0.3) is 0 Å². The summed E-state index contributed by atoms with van der Waals surface area (Å²) in [5.74, 6) is 0.578. The van der Waals surface area contributed by atoms with E-state index in [4.69, 9.17) is 0 Å². The number of anilines is 2. The van der Waals surface area contributed by atoms with Crippen LogP contribution in [0.3, 0.4) is 0 Å². The molecule has 3 N–H and O–H groups in total. The van der Waals surface area contributed by atoms with Gasteiger partial charge >= 0.3 is 0 Å². The molecule has 27 heavy (non-hydrogen) atoms. The van der Waals surface area contributed by atoms with Crippen LogP contribution < -0.4 is 20.9 Å². The molecule has 0 saturated carbocycles. The molecule has 1 aliphatic heterocycles. The topological polar surface area (TPSA) is 68.8 Å². The second kappa shape index (κ2) is 11.1. The van der Waals surface area contributed by atoms with Gasteiger partial charge in [0.05, 0.1) is 11.5 Å². The molecule has 146 valence electrons. The third-order valence-corrected chi connectivity index (χ3v) is 5.28. The van der Waals surface area contributed by atoms with E-state index < -0.39 is 0 Å². The van der Waals surface area contributed by atoms with Crippen LogP contribution in [0.4, 0.5) is 10.7 Å². The van der Waals surface area contributed by atoms with Crippen LogP contribution >= 0.6 is 35.3 Å². The Balaban J connectivity index is 0.00000261. The maximum atomic E-state index is 12.0. The molecule has 1 aliphatic rings. The van der Waals surface area contributed by atoms with Crippen molar-refractivity contribution in [1.29, 1.82) is 0 Å². The van der Waals surface area contributed by atoms with E-state index in [0.29, 0.717) is 12.0 Å². The number of nitrogens with one attached hydrogen (secondary N) is 3. The van der Waals surface area contributed by atoms with Gasteiger partial charge < -0.3 is 20.9 Å². The Morgan fingerprint density at radius 3 is 2.56 bits per heavy atom. The Bertz CT molecular complexity index is 715. The van der Waals surface area contributed by atoms with Gasteiger partial charge in [-0.05, 0) is 42.5 Å². The molecule has 6 nitrogen and oxygen atoms in total. The van der Waals surface area contributed by atoms with Gasteiger partial charge in [0.15, 0.2) is 5.96 Å². The SMILES string of the molecule is CN=C(NCC(=O)Nc1ccccc1)NC1CCN(c2cccs2)CC1.I. The molecule has 0 unspecified atom stereocenters. The number of carbonyl (C=O) groups is 1. The number of piperidine rings is 1. The highest BCUT2D eigenvalue weighted by molar-refractivity contribution is 14.0. The van der Waals surface area contributed by atoms with Crippen molar-refractivity contribution in [2.75, 3.05) is 36.9 Å². The number of rotatable bonds is 5. The minimum absolute atomic E-state index is 0. The zero-order chi connectivity index (χ0) is 18.2. The Labute approximate surface area is 181 Å². The molecule has 0 atom stereocenters. The van der Waals surface area contributed by atoms with E-state index >= 15 is 0 Å². The molecule has 0 radical (unpaired) electrons. The van der Waals surface area contributed by atoms with Crippen molar-refractivity contribution in [2.24, 2.45) is 4.99 Å². The first-order valence-electron chi connectivity index (χ1n) is 8.85. The molecule has 0 aliphatic carbocycles. The maximum Gasteiger partial charge on any atom is 0.243 e. The summed E-state index contributed by atoms with van der Waals surface area (Å²) < 4.78 is 0. The lowest BCUT2D eigenvalue weighted by molar-refractivity contribution is -0.115. The third-order valence-electron chi connectivity index (χ3n) is 4.35. The van der Waals surface area contributed by atoms with Crippen LogP contribution in [0.2, 0.25) is 0 Å². The van der Waals surface area contributed by atoms with Gasteiger partial charge in [0.2, 0.25) is 5.91 Å². The summed E-state index contributed by atoms with van der Waals surface area (Å²) in [7, 11) is 1.73. The number of nitrogens with zero attached hydrogens (tertiary/aromatic N) is 2. The van der Waals surface area contributed by atoms with Crippen LogP contribution in [0.1, 0.15) is 12.8 Å². The quantitative estimate of drug-likeness (QED) is 0.336. The monoisotopic (exact) mass is 499 g/mol. The van der Waals surface area contributed by atoms with Gasteiger partial charge in [-0.3, -0.25) is 9.79 Å². The van der Waals surface area contributed by atoms with Crippen molar-refractivity contribution >= 4 is 57.9 Å². The summed E-state index contributed by atoms with van der Waals surface area (Å²) in [6.45, 7) is 2.25. The Hall–Kier alpha value is -1.81. The highest BCUT2D eigenvalue weighted by atomic mass is 127. The second-order valence-corrected chi connectivity index (χ2v) is 7.12. The van der Waals surface area contributed by atoms with Crippen molar-refractivity contribution in [3.05, 3.63) is 47.8 Å². The van der Waals surface area contributed by atoms with Gasteiger partial charge in [-0.25, -0.2) is 0 Å². The molecular weight excluding hydrogens is 473 g/mol. The van der Waals surface area contributed by atoms with Crippen molar-refractivity contribution in [3.63, 3.8) is 0 Å². The summed E-state index contributed by atoms with van der Waals surface area (Å²) in [6.07, 6.45) is 2.10. The molecule has 0 spiro atoms. The number of aliphatic imine (C=N–C) groups is 1. The number of hydrogen-bond donors (Lipinski definition) is 3. The molecule has 2 heterocycles. The zero-order valence-corrected chi connectivity index (χ0v) is 18.5. The highest BCUT2D eigenvalue weighted by Gasteiger charge is 2.20. The molecular formula is C19H26IN5OS. The zero-order valence-electron chi connectivity index (χ0n) is 15.4. The number of thiophene rings is 1. The lowest BCUT2D eigenvalue weighted by atomic mass is 10.1. The largest absolute Gasteiger partial charge is 0.363 e. The predicted molar refractivity (Wildman–Crippen MR) is 125 cm³/mol. The van der Waals surface area contributed by atoms with E-state index in [-0.39, 0.29) is 36.4 Å². The lowest BCUT2D eigenvalue weighted by Gasteiger charge is -2.33. The van der Waals surface area contributed by atoms with Crippen molar-refractivity contribution < 1.29 is 4.79 Å². The fourth-order valence-electron chi connectivity index (χ4n) is 2.97. The van der Waals surface area contributed by atoms with Gasteiger partial charge in [-0.1, -0.05) is 18.2 Å². The highest BCUT2D eigenvalue weighted by Crippen LogP contribution is 2.24. The van der Waals surface area contributed by atoms with Crippen LogP contribution in [0.25, 0.3) is 0 Å². The fraction of sp³-hybridized carbons (Fsp3) is 0.368. The molecule has 1 aromatic heterocycles. The number of para-hydroxylation sites is 1. The third kappa shape index (κ3) is 6.69. The molecule has 1 aromatic carbocycles. The van der Waals surface area contributed by atoms with Crippen LogP contribution in [-0.2, 0) is 4.79 Å². The molecule has 0 bridgehead atoms. The van der Waals surface area contributed by atoms with E-state index in [1.54, 1.807) is 18.4 Å². The summed E-state index contributed by atoms with van der Waals surface area (Å²) in [5.41, 5.74) is 0.795. The number of halogens is 1. The van der Waals surface area contributed by atoms with Crippen LogP contribution in [0, 0.1) is 0 Å². The Morgan fingerprint density at radius 1 is 1.19 bits per heavy atom. The normalized spacial score (nSPS) is 15.0. The van der Waals surface area contributed by atoms with Gasteiger partial charge in [-0.2, -0.15) is 0 Å². The fourth-order valence-corrected chi connectivity index (χ4v) is 3.76. The van der Waals surface area contributed by atoms with Crippen molar-refractivity contribution in [3.8, 4) is 0 Å². The Morgan fingerprint density at radius 2 is 1.93 bits per heavy atom. The minimum atomic E-state index is -0.0911. The number of amides is 1. The lowest BCUT2D eigenvalue weighted by Crippen LogP contribution is -2.49. The minimum Gasteiger partial charge on any atom is -0.363 e. The van der Waals surface area contributed by atoms with Gasteiger partial charge in [0, 0.05) is 31.9 Å². The molecule has 1 saturated heterocycles. The average molecular weight is 499 g/mol. The van der Waals surface area contributed by atoms with E-state index in [9.17, 15) is 4.79 Å². The maximum absolute atomic E-state index is 12.0. The van der Waals surface area contributed by atoms with E-state index in [1.165, 1.54) is 5.00 Å². The van der Waals surface area contributed by atoms with Crippen molar-refractivity contribution in [2.45, 2.75) is 18.9 Å². The standard InChI is InChI=1S/C19H25N5OS.HI/c1-20-19(21-14-17(25)22-15-6-3-2-4-7-15)23-16-9-11-24(12-10-16)18-8-5-13-26-18;/h2-8,13,16H,9-12,14H2,1H3,(H,22,25)(H2,20,21,23);1H. The summed E-state index contributed by atoms with van der Waals surface area (Å²) in [6, 6.07) is 14.1. The molecule has 2 aromatic rings. The van der Waals surface area contributed by atoms with E-state index in [0.717, 1.165) is 31.6 Å². The van der Waals surface area contributed by atoms with E-state index in [1.807, 2.05) is 30.3 Å². The Kier molecular flexibility index (Phi) is 8.86. The van der Waals surface area contributed by atoms with Crippen LogP contribution in [0.15, 0.2) is 52.8 Å². The van der Waals surface area contributed by atoms with Crippen LogP contribution in [-0.4, -0.2) is 44.6 Å². The molecule has 3 rings (SSSR count).